The highest BCUT2D eigenvalue weighted by Crippen LogP contribution is 2.44. The molecule has 0 unspecified atom stereocenters. The van der Waals surface area contributed by atoms with E-state index in [4.69, 9.17) is 5.11 Å². The van der Waals surface area contributed by atoms with Crippen LogP contribution in [0.4, 0.5) is 0 Å². The Hall–Kier alpha value is -0.530. The predicted octanol–water partition coefficient (Wildman–Crippen LogP) is 2.29. The van der Waals surface area contributed by atoms with Crippen LogP contribution in [0.25, 0.3) is 0 Å². The van der Waals surface area contributed by atoms with Crippen LogP contribution in [0.5, 0.6) is 0 Å². The van der Waals surface area contributed by atoms with Gasteiger partial charge in [-0.3, -0.25) is 4.79 Å². The van der Waals surface area contributed by atoms with Crippen molar-refractivity contribution in [1.29, 1.82) is 0 Å². The Bertz CT molecular complexity index is 165. The minimum absolute atomic E-state index is 0.403. The van der Waals surface area contributed by atoms with Crippen LogP contribution in [0.2, 0.25) is 0 Å². The van der Waals surface area contributed by atoms with Crippen LogP contribution in [-0.4, -0.2) is 11.1 Å². The summed E-state index contributed by atoms with van der Waals surface area (Å²) in [5.74, 6) is -0.207. The SMILES string of the molecule is CC[C@H]1CCC[C@]1(C)C(=O)O. The summed E-state index contributed by atoms with van der Waals surface area (Å²) in [5.41, 5.74) is -0.422. The van der Waals surface area contributed by atoms with Gasteiger partial charge in [0.05, 0.1) is 5.41 Å². The molecule has 2 atom stereocenters. The fourth-order valence-corrected chi connectivity index (χ4v) is 2.17. The van der Waals surface area contributed by atoms with Crippen LogP contribution in [0.1, 0.15) is 39.5 Å². The van der Waals surface area contributed by atoms with Gasteiger partial charge in [0, 0.05) is 0 Å². The van der Waals surface area contributed by atoms with Crippen molar-refractivity contribution in [2.45, 2.75) is 39.5 Å². The van der Waals surface area contributed by atoms with Gasteiger partial charge in [0.1, 0.15) is 0 Å². The molecule has 0 amide bonds. The van der Waals surface area contributed by atoms with Crippen LogP contribution < -0.4 is 0 Å². The molecular weight excluding hydrogens is 140 g/mol. The lowest BCUT2D eigenvalue weighted by atomic mass is 9.78. The zero-order chi connectivity index (χ0) is 8.48. The van der Waals surface area contributed by atoms with Gasteiger partial charge < -0.3 is 5.11 Å². The van der Waals surface area contributed by atoms with E-state index in [0.717, 1.165) is 25.7 Å². The topological polar surface area (TPSA) is 37.3 Å². The molecule has 2 nitrogen and oxygen atoms in total. The molecular formula is C9H16O2. The third-order valence-corrected chi connectivity index (χ3v) is 3.13. The van der Waals surface area contributed by atoms with Gasteiger partial charge in [-0.15, -0.1) is 0 Å². The van der Waals surface area contributed by atoms with E-state index in [1.165, 1.54) is 0 Å². The van der Waals surface area contributed by atoms with Gasteiger partial charge in [0.15, 0.2) is 0 Å². The molecule has 0 radical (unpaired) electrons. The minimum Gasteiger partial charge on any atom is -0.481 e. The molecule has 1 aliphatic carbocycles. The van der Waals surface area contributed by atoms with E-state index < -0.39 is 11.4 Å². The Morgan fingerprint density at radius 1 is 1.73 bits per heavy atom. The molecule has 1 aliphatic rings. The van der Waals surface area contributed by atoms with Crippen LogP contribution in [0.15, 0.2) is 0 Å². The first-order valence-electron chi connectivity index (χ1n) is 4.34. The van der Waals surface area contributed by atoms with E-state index in [2.05, 4.69) is 6.92 Å². The number of hydrogen-bond donors (Lipinski definition) is 1. The predicted molar refractivity (Wildman–Crippen MR) is 43.4 cm³/mol. The lowest BCUT2D eigenvalue weighted by Gasteiger charge is -2.25. The number of rotatable bonds is 2. The standard InChI is InChI=1S/C9H16O2/c1-3-7-5-4-6-9(7,2)8(10)11/h7H,3-6H2,1-2H3,(H,10,11)/t7-,9-/m0/s1. The summed E-state index contributed by atoms with van der Waals surface area (Å²) >= 11 is 0. The van der Waals surface area contributed by atoms with Crippen molar-refractivity contribution in [2.24, 2.45) is 11.3 Å². The molecule has 1 rings (SSSR count). The first-order valence-corrected chi connectivity index (χ1v) is 4.34. The van der Waals surface area contributed by atoms with E-state index in [-0.39, 0.29) is 0 Å². The molecule has 0 saturated heterocycles. The first kappa shape index (κ1) is 8.57. The third-order valence-electron chi connectivity index (χ3n) is 3.13. The number of aliphatic carboxylic acids is 1. The van der Waals surface area contributed by atoms with E-state index in [9.17, 15) is 4.79 Å². The quantitative estimate of drug-likeness (QED) is 0.666. The van der Waals surface area contributed by atoms with Crippen LogP contribution in [-0.2, 0) is 4.79 Å². The van der Waals surface area contributed by atoms with E-state index in [0.29, 0.717) is 5.92 Å². The normalized spacial score (nSPS) is 37.5. The van der Waals surface area contributed by atoms with Crippen molar-refractivity contribution < 1.29 is 9.90 Å². The van der Waals surface area contributed by atoms with Crippen molar-refractivity contribution in [3.8, 4) is 0 Å². The number of carbonyl (C=O) groups is 1. The molecule has 1 saturated carbocycles. The molecule has 0 heterocycles. The summed E-state index contributed by atoms with van der Waals surface area (Å²) in [7, 11) is 0. The van der Waals surface area contributed by atoms with Crippen LogP contribution in [0.3, 0.4) is 0 Å². The van der Waals surface area contributed by atoms with Gasteiger partial charge in [0.2, 0.25) is 0 Å². The highest BCUT2D eigenvalue weighted by atomic mass is 16.4. The van der Waals surface area contributed by atoms with Gasteiger partial charge in [-0.05, 0) is 25.7 Å². The summed E-state index contributed by atoms with van der Waals surface area (Å²) < 4.78 is 0. The smallest absolute Gasteiger partial charge is 0.309 e. The molecule has 0 aromatic rings. The van der Waals surface area contributed by atoms with Gasteiger partial charge in [-0.2, -0.15) is 0 Å². The summed E-state index contributed by atoms with van der Waals surface area (Å²) in [6.45, 7) is 3.97. The second-order valence-electron chi connectivity index (χ2n) is 3.72. The zero-order valence-electron chi connectivity index (χ0n) is 7.26. The van der Waals surface area contributed by atoms with Crippen LogP contribution >= 0.6 is 0 Å². The van der Waals surface area contributed by atoms with Crippen LogP contribution in [0, 0.1) is 11.3 Å². The van der Waals surface area contributed by atoms with Crippen molar-refractivity contribution >= 4 is 5.97 Å². The van der Waals surface area contributed by atoms with Crippen molar-refractivity contribution in [1.82, 2.24) is 0 Å². The van der Waals surface area contributed by atoms with E-state index in [1.807, 2.05) is 6.92 Å². The maximum atomic E-state index is 10.9. The molecule has 0 aliphatic heterocycles. The van der Waals surface area contributed by atoms with E-state index in [1.54, 1.807) is 0 Å². The summed E-state index contributed by atoms with van der Waals surface area (Å²) in [6.07, 6.45) is 4.05. The summed E-state index contributed by atoms with van der Waals surface area (Å²) in [5, 5.41) is 8.97. The van der Waals surface area contributed by atoms with Gasteiger partial charge in [-0.1, -0.05) is 19.8 Å². The maximum Gasteiger partial charge on any atom is 0.309 e. The van der Waals surface area contributed by atoms with E-state index >= 15 is 0 Å². The maximum absolute atomic E-state index is 10.9. The fourth-order valence-electron chi connectivity index (χ4n) is 2.17. The van der Waals surface area contributed by atoms with Gasteiger partial charge in [0.25, 0.3) is 0 Å². The molecule has 1 fully saturated rings. The van der Waals surface area contributed by atoms with Crippen molar-refractivity contribution in [3.63, 3.8) is 0 Å². The lowest BCUT2D eigenvalue weighted by molar-refractivity contribution is -0.150. The highest BCUT2D eigenvalue weighted by molar-refractivity contribution is 5.74. The Kier molecular flexibility index (Phi) is 2.21. The molecule has 64 valence electrons. The van der Waals surface area contributed by atoms with Crippen molar-refractivity contribution in [2.75, 3.05) is 0 Å². The lowest BCUT2D eigenvalue weighted by Crippen LogP contribution is -2.30. The fraction of sp³-hybridized carbons (Fsp3) is 0.889. The summed E-state index contributed by atoms with van der Waals surface area (Å²) in [4.78, 5) is 10.9. The first-order chi connectivity index (χ1) is 5.11. The molecule has 2 heteroatoms. The second-order valence-corrected chi connectivity index (χ2v) is 3.72. The number of carboxylic acid groups (broad SMARTS) is 1. The number of hydrogen-bond acceptors (Lipinski definition) is 1. The third kappa shape index (κ3) is 1.26. The molecule has 0 bridgehead atoms. The Labute approximate surface area is 67.6 Å². The highest BCUT2D eigenvalue weighted by Gasteiger charge is 2.43. The monoisotopic (exact) mass is 156 g/mol. The average Bonchev–Trinajstić information content (AvgIpc) is 2.32. The molecule has 1 N–H and O–H groups in total. The molecule has 0 aromatic heterocycles. The Balaban J connectivity index is 2.75. The zero-order valence-corrected chi connectivity index (χ0v) is 7.26. The van der Waals surface area contributed by atoms with Gasteiger partial charge in [-0.25, -0.2) is 0 Å². The summed E-state index contributed by atoms with van der Waals surface area (Å²) in [6, 6.07) is 0. The second kappa shape index (κ2) is 2.84. The Morgan fingerprint density at radius 3 is 2.73 bits per heavy atom. The Morgan fingerprint density at radius 2 is 2.36 bits per heavy atom. The molecule has 0 aromatic carbocycles. The van der Waals surface area contributed by atoms with Gasteiger partial charge >= 0.3 is 5.97 Å². The molecule has 11 heavy (non-hydrogen) atoms. The average molecular weight is 156 g/mol. The number of carboxylic acids is 1. The molecule has 0 spiro atoms. The van der Waals surface area contributed by atoms with Crippen molar-refractivity contribution in [3.05, 3.63) is 0 Å². The minimum atomic E-state index is -0.609. The largest absolute Gasteiger partial charge is 0.481 e.